The number of nitrogens with zero attached hydrogens (tertiary/aromatic N) is 5. The van der Waals surface area contributed by atoms with Crippen LogP contribution in [0.1, 0.15) is 17.9 Å². The number of anilines is 1. The number of rotatable bonds is 7. The maximum Gasteiger partial charge on any atom is 0.470 e. The van der Waals surface area contributed by atoms with Crippen molar-refractivity contribution in [2.45, 2.75) is 25.2 Å². The van der Waals surface area contributed by atoms with Gasteiger partial charge in [-0.05, 0) is 44.8 Å². The number of alkyl halides is 3. The van der Waals surface area contributed by atoms with Crippen LogP contribution in [0.15, 0.2) is 40.8 Å². The standard InChI is InChI=1S/C23H23ClF5N5O/c1-32(2)16-8-9-33(12-16)13-34(19-5-3-4-17(24)20(19)26)11-15-7-6-14(10-18(15)25)21-30-31-22(35-21)23(27,28)29/h3-7,10,16H,8-9,11-13H2,1-2H3/t16-/m1/s1. The van der Waals surface area contributed by atoms with Gasteiger partial charge in [-0.15, -0.1) is 10.2 Å². The van der Waals surface area contributed by atoms with Gasteiger partial charge in [0.25, 0.3) is 0 Å². The maximum atomic E-state index is 15.0. The molecule has 1 fully saturated rings. The number of likely N-dealkylation sites (N-methyl/N-ethyl adjacent to an activating group) is 1. The van der Waals surface area contributed by atoms with E-state index in [2.05, 4.69) is 24.4 Å². The third-order valence-electron chi connectivity index (χ3n) is 5.95. The fourth-order valence-electron chi connectivity index (χ4n) is 4.02. The Morgan fingerprint density at radius 1 is 1.14 bits per heavy atom. The van der Waals surface area contributed by atoms with E-state index in [-0.39, 0.29) is 28.4 Å². The molecular weight excluding hydrogens is 493 g/mol. The number of aromatic nitrogens is 2. The van der Waals surface area contributed by atoms with Gasteiger partial charge in [-0.3, -0.25) is 4.90 Å². The Morgan fingerprint density at radius 2 is 1.91 bits per heavy atom. The number of hydrogen-bond donors (Lipinski definition) is 0. The highest BCUT2D eigenvalue weighted by Crippen LogP contribution is 2.32. The first-order valence-electron chi connectivity index (χ1n) is 10.8. The minimum atomic E-state index is -4.80. The van der Waals surface area contributed by atoms with Crippen LogP contribution in [-0.2, 0) is 12.7 Å². The second-order valence-electron chi connectivity index (χ2n) is 8.61. The second kappa shape index (κ2) is 10.1. The van der Waals surface area contributed by atoms with Crippen molar-refractivity contribution in [1.82, 2.24) is 20.0 Å². The van der Waals surface area contributed by atoms with Crippen molar-refractivity contribution in [3.63, 3.8) is 0 Å². The molecule has 1 aromatic heterocycles. The molecule has 6 nitrogen and oxygen atoms in total. The van der Waals surface area contributed by atoms with Gasteiger partial charge in [0.2, 0.25) is 5.89 Å². The molecule has 0 saturated carbocycles. The van der Waals surface area contributed by atoms with E-state index in [4.69, 9.17) is 11.6 Å². The summed E-state index contributed by atoms with van der Waals surface area (Å²) < 4.78 is 72.8. The summed E-state index contributed by atoms with van der Waals surface area (Å²) in [6.07, 6.45) is -3.85. The van der Waals surface area contributed by atoms with Crippen LogP contribution >= 0.6 is 11.6 Å². The van der Waals surface area contributed by atoms with Gasteiger partial charge in [0.05, 0.1) is 17.4 Å². The van der Waals surface area contributed by atoms with Crippen molar-refractivity contribution < 1.29 is 26.4 Å². The molecule has 35 heavy (non-hydrogen) atoms. The Hall–Kier alpha value is -2.76. The lowest BCUT2D eigenvalue weighted by Crippen LogP contribution is -2.39. The summed E-state index contributed by atoms with van der Waals surface area (Å²) in [6, 6.07) is 8.80. The molecule has 2 aromatic carbocycles. The molecule has 0 bridgehead atoms. The van der Waals surface area contributed by atoms with Crippen molar-refractivity contribution >= 4 is 17.3 Å². The molecular formula is C23H23ClF5N5O. The molecule has 1 aliphatic rings. The SMILES string of the molecule is CN(C)[C@@H]1CCN(CN(Cc2ccc(-c3nnc(C(F)(F)F)o3)cc2F)c2cccc(Cl)c2F)C1. The summed E-state index contributed by atoms with van der Waals surface area (Å²) in [7, 11) is 4.00. The molecule has 0 radical (unpaired) electrons. The molecule has 3 aromatic rings. The second-order valence-corrected chi connectivity index (χ2v) is 9.02. The average Bonchev–Trinajstić information content (AvgIpc) is 3.46. The molecule has 0 amide bonds. The lowest BCUT2D eigenvalue weighted by Gasteiger charge is -2.31. The molecule has 1 saturated heterocycles. The van der Waals surface area contributed by atoms with Gasteiger partial charge >= 0.3 is 12.1 Å². The van der Waals surface area contributed by atoms with Gasteiger partial charge in [-0.1, -0.05) is 23.7 Å². The lowest BCUT2D eigenvalue weighted by molar-refractivity contribution is -0.156. The largest absolute Gasteiger partial charge is 0.470 e. The highest BCUT2D eigenvalue weighted by molar-refractivity contribution is 6.31. The fraction of sp³-hybridized carbons (Fsp3) is 0.391. The van der Waals surface area contributed by atoms with Crippen LogP contribution in [0, 0.1) is 11.6 Å². The van der Waals surface area contributed by atoms with E-state index in [1.165, 1.54) is 18.2 Å². The summed E-state index contributed by atoms with van der Waals surface area (Å²) in [5, 5.41) is 6.27. The highest BCUT2D eigenvalue weighted by Gasteiger charge is 2.38. The molecule has 0 aliphatic carbocycles. The van der Waals surface area contributed by atoms with Crippen LogP contribution < -0.4 is 4.90 Å². The summed E-state index contributed by atoms with van der Waals surface area (Å²) in [5.41, 5.74) is 0.441. The van der Waals surface area contributed by atoms with Gasteiger partial charge in [-0.2, -0.15) is 13.2 Å². The Kier molecular flexibility index (Phi) is 7.30. The van der Waals surface area contributed by atoms with E-state index in [0.29, 0.717) is 12.7 Å². The maximum absolute atomic E-state index is 15.0. The van der Waals surface area contributed by atoms with E-state index in [1.54, 1.807) is 17.0 Å². The van der Waals surface area contributed by atoms with Crippen molar-refractivity contribution in [1.29, 1.82) is 0 Å². The molecule has 0 N–H and O–H groups in total. The number of likely N-dealkylation sites (tertiary alicyclic amines) is 1. The predicted molar refractivity (Wildman–Crippen MR) is 121 cm³/mol. The summed E-state index contributed by atoms with van der Waals surface area (Å²) in [4.78, 5) is 5.96. The topological polar surface area (TPSA) is 48.6 Å². The van der Waals surface area contributed by atoms with Crippen LogP contribution in [0.25, 0.3) is 11.5 Å². The van der Waals surface area contributed by atoms with Gasteiger partial charge in [-0.25, -0.2) is 8.78 Å². The fourth-order valence-corrected chi connectivity index (χ4v) is 4.19. The molecule has 0 unspecified atom stereocenters. The normalized spacial score (nSPS) is 16.9. The highest BCUT2D eigenvalue weighted by atomic mass is 35.5. The molecule has 1 aliphatic heterocycles. The summed E-state index contributed by atoms with van der Waals surface area (Å²) in [6.45, 7) is 1.90. The zero-order valence-corrected chi connectivity index (χ0v) is 19.7. The molecule has 12 heteroatoms. The van der Waals surface area contributed by atoms with E-state index < -0.39 is 29.6 Å². The first-order valence-corrected chi connectivity index (χ1v) is 11.2. The van der Waals surface area contributed by atoms with E-state index in [0.717, 1.165) is 25.6 Å². The monoisotopic (exact) mass is 515 g/mol. The van der Waals surface area contributed by atoms with Crippen molar-refractivity contribution in [3.05, 3.63) is 64.5 Å². The van der Waals surface area contributed by atoms with Crippen LogP contribution in [0.3, 0.4) is 0 Å². The molecule has 0 spiro atoms. The number of benzene rings is 2. The van der Waals surface area contributed by atoms with Crippen molar-refractivity contribution in [2.75, 3.05) is 38.8 Å². The van der Waals surface area contributed by atoms with Crippen molar-refractivity contribution in [2.24, 2.45) is 0 Å². The molecule has 1 atom stereocenters. The van der Waals surface area contributed by atoms with Gasteiger partial charge < -0.3 is 14.2 Å². The predicted octanol–water partition coefficient (Wildman–Crippen LogP) is 5.29. The molecule has 2 heterocycles. The zero-order chi connectivity index (χ0) is 25.3. The molecule has 4 rings (SSSR count). The van der Waals surface area contributed by atoms with Gasteiger partial charge in [0.15, 0.2) is 5.82 Å². The number of hydrogen-bond acceptors (Lipinski definition) is 6. The van der Waals surface area contributed by atoms with Gasteiger partial charge in [0, 0.05) is 36.8 Å². The first kappa shape index (κ1) is 25.3. The Labute approximate surface area is 203 Å². The minimum Gasteiger partial charge on any atom is -0.413 e. The summed E-state index contributed by atoms with van der Waals surface area (Å²) >= 11 is 6.00. The lowest BCUT2D eigenvalue weighted by atomic mass is 10.1. The van der Waals surface area contributed by atoms with E-state index >= 15 is 4.39 Å². The van der Waals surface area contributed by atoms with E-state index in [9.17, 15) is 17.6 Å². The van der Waals surface area contributed by atoms with Gasteiger partial charge in [0.1, 0.15) is 5.82 Å². The van der Waals surface area contributed by atoms with Crippen LogP contribution in [0.2, 0.25) is 5.02 Å². The van der Waals surface area contributed by atoms with Crippen LogP contribution in [0.5, 0.6) is 0 Å². The van der Waals surface area contributed by atoms with Crippen LogP contribution in [0.4, 0.5) is 27.6 Å². The van der Waals surface area contributed by atoms with E-state index in [1.807, 2.05) is 14.1 Å². The Morgan fingerprint density at radius 3 is 2.54 bits per heavy atom. The quantitative estimate of drug-likeness (QED) is 0.399. The molecule has 188 valence electrons. The average molecular weight is 516 g/mol. The zero-order valence-electron chi connectivity index (χ0n) is 19.0. The number of halogens is 6. The third-order valence-corrected chi connectivity index (χ3v) is 6.24. The Bertz CT molecular complexity index is 1190. The first-order chi connectivity index (χ1) is 16.5. The van der Waals surface area contributed by atoms with Crippen molar-refractivity contribution in [3.8, 4) is 11.5 Å². The third kappa shape index (κ3) is 5.74. The minimum absolute atomic E-state index is 0.00287. The Balaban J connectivity index is 1.59. The van der Waals surface area contributed by atoms with Crippen LogP contribution in [-0.4, -0.2) is 59.9 Å². The smallest absolute Gasteiger partial charge is 0.413 e. The summed E-state index contributed by atoms with van der Waals surface area (Å²) in [5.74, 6) is -3.28.